The fourth-order valence-electron chi connectivity index (χ4n) is 2.57. The van der Waals surface area contributed by atoms with Gasteiger partial charge in [0.25, 0.3) is 5.91 Å². The summed E-state index contributed by atoms with van der Waals surface area (Å²) in [6, 6.07) is 7.85. The van der Waals surface area contributed by atoms with E-state index in [2.05, 4.69) is 0 Å². The van der Waals surface area contributed by atoms with Crippen molar-refractivity contribution in [2.24, 2.45) is 0 Å². The highest BCUT2D eigenvalue weighted by molar-refractivity contribution is 6.30. The summed E-state index contributed by atoms with van der Waals surface area (Å²) in [4.78, 5) is 24.2. The van der Waals surface area contributed by atoms with Crippen molar-refractivity contribution in [1.29, 1.82) is 0 Å². The highest BCUT2D eigenvalue weighted by atomic mass is 35.5. The molecular formula is C19H18ClF3N2O5. The predicted molar refractivity (Wildman–Crippen MR) is 103 cm³/mol. The molecule has 0 saturated carbocycles. The molecule has 2 rings (SSSR count). The number of nitro benzene ring substituents is 1. The number of methoxy groups -OCH3 is 1. The molecule has 0 spiro atoms. The third kappa shape index (κ3) is 5.99. The fourth-order valence-corrected chi connectivity index (χ4v) is 2.74. The second kappa shape index (κ2) is 9.66. The van der Waals surface area contributed by atoms with Crippen LogP contribution < -0.4 is 9.47 Å². The van der Waals surface area contributed by atoms with Crippen molar-refractivity contribution in [1.82, 2.24) is 4.90 Å². The van der Waals surface area contributed by atoms with E-state index in [0.29, 0.717) is 0 Å². The number of hydrogen-bond donors (Lipinski definition) is 0. The third-order valence-electron chi connectivity index (χ3n) is 4.08. The molecule has 0 N–H and O–H groups in total. The zero-order valence-corrected chi connectivity index (χ0v) is 16.8. The minimum absolute atomic E-state index is 0.0805. The molecule has 0 saturated heterocycles. The van der Waals surface area contributed by atoms with E-state index in [4.69, 9.17) is 21.1 Å². The van der Waals surface area contributed by atoms with E-state index in [1.54, 1.807) is 6.92 Å². The molecule has 0 heterocycles. The Hall–Kier alpha value is -3.01. The number of nitro groups is 1. The molecule has 0 aromatic heterocycles. The first-order valence-corrected chi connectivity index (χ1v) is 9.09. The number of carbonyl (C=O) groups excluding carboxylic acids is 1. The summed E-state index contributed by atoms with van der Waals surface area (Å²) in [6.45, 7) is 1.19. The highest BCUT2D eigenvalue weighted by Gasteiger charge is 2.29. The number of halogens is 4. The van der Waals surface area contributed by atoms with Crippen molar-refractivity contribution in [2.45, 2.75) is 19.5 Å². The van der Waals surface area contributed by atoms with Gasteiger partial charge in [0.1, 0.15) is 0 Å². The van der Waals surface area contributed by atoms with Gasteiger partial charge < -0.3 is 14.4 Å². The van der Waals surface area contributed by atoms with Crippen molar-refractivity contribution >= 4 is 23.2 Å². The Kier molecular flexibility index (Phi) is 7.49. The summed E-state index contributed by atoms with van der Waals surface area (Å²) < 4.78 is 48.2. The maximum atomic E-state index is 12.6. The van der Waals surface area contributed by atoms with Gasteiger partial charge in [0.05, 0.1) is 18.5 Å². The van der Waals surface area contributed by atoms with Crippen LogP contribution in [0, 0.1) is 10.1 Å². The predicted octanol–water partition coefficient (Wildman–Crippen LogP) is 5.46. The monoisotopic (exact) mass is 446 g/mol. The number of benzene rings is 2. The van der Waals surface area contributed by atoms with E-state index < -0.39 is 30.0 Å². The largest absolute Gasteiger partial charge is 0.493 e. The van der Waals surface area contributed by atoms with Crippen molar-refractivity contribution < 1.29 is 32.4 Å². The zero-order chi connectivity index (χ0) is 22.5. The molecule has 162 valence electrons. The summed E-state index contributed by atoms with van der Waals surface area (Å²) in [5.74, 6) is -0.541. The molecule has 0 aliphatic heterocycles. The molecule has 0 radical (unpaired) electrons. The van der Waals surface area contributed by atoms with Crippen LogP contribution >= 0.6 is 11.6 Å². The van der Waals surface area contributed by atoms with Crippen LogP contribution in [0.25, 0.3) is 0 Å². The summed E-state index contributed by atoms with van der Waals surface area (Å²) in [6.07, 6.45) is -5.50. The van der Waals surface area contributed by atoms with Crippen LogP contribution in [0.5, 0.6) is 17.2 Å². The Balaban J connectivity index is 2.29. The molecule has 0 unspecified atom stereocenters. The first-order chi connectivity index (χ1) is 14.1. The van der Waals surface area contributed by atoms with Crippen LogP contribution in [-0.4, -0.2) is 42.1 Å². The van der Waals surface area contributed by atoms with Gasteiger partial charge in [0.2, 0.25) is 5.75 Å². The van der Waals surface area contributed by atoms with Gasteiger partial charge in [-0.3, -0.25) is 14.9 Å². The topological polar surface area (TPSA) is 81.9 Å². The molecule has 0 fully saturated rings. The van der Waals surface area contributed by atoms with E-state index in [-0.39, 0.29) is 40.1 Å². The van der Waals surface area contributed by atoms with Crippen molar-refractivity contribution in [3.05, 3.63) is 57.1 Å². The lowest BCUT2D eigenvalue weighted by Gasteiger charge is -2.22. The first-order valence-electron chi connectivity index (χ1n) is 8.71. The molecule has 30 heavy (non-hydrogen) atoms. The quantitative estimate of drug-likeness (QED) is 0.397. The average Bonchev–Trinajstić information content (AvgIpc) is 2.68. The smallest absolute Gasteiger partial charge is 0.390 e. The van der Waals surface area contributed by atoms with Crippen LogP contribution in [0.3, 0.4) is 0 Å². The van der Waals surface area contributed by atoms with Gasteiger partial charge in [0, 0.05) is 29.7 Å². The standard InChI is InChI=1S/C19H18ClF3N2O5/c1-3-24(9-8-19(21,22)23)18(26)12-4-6-16(17(10-12)29-2)30-15-7-5-13(20)11-14(15)25(27)28/h4-7,10-11H,3,8-9H2,1-2H3. The van der Waals surface area contributed by atoms with Crippen molar-refractivity contribution in [3.63, 3.8) is 0 Å². The molecule has 0 atom stereocenters. The van der Waals surface area contributed by atoms with Crippen LogP contribution in [0.15, 0.2) is 36.4 Å². The van der Waals surface area contributed by atoms with Gasteiger partial charge in [-0.15, -0.1) is 0 Å². The second-order valence-electron chi connectivity index (χ2n) is 6.09. The number of carbonyl (C=O) groups is 1. The molecule has 0 bridgehead atoms. The van der Waals surface area contributed by atoms with Gasteiger partial charge >= 0.3 is 11.9 Å². The average molecular weight is 447 g/mol. The summed E-state index contributed by atoms with van der Waals surface area (Å²) >= 11 is 5.78. The Bertz CT molecular complexity index is 937. The highest BCUT2D eigenvalue weighted by Crippen LogP contribution is 2.38. The van der Waals surface area contributed by atoms with E-state index in [1.807, 2.05) is 0 Å². The molecule has 1 amide bonds. The second-order valence-corrected chi connectivity index (χ2v) is 6.52. The van der Waals surface area contributed by atoms with Gasteiger partial charge in [-0.05, 0) is 37.3 Å². The number of rotatable bonds is 8. The number of alkyl halides is 3. The Labute approximate surface area is 175 Å². The molecule has 11 heteroatoms. The third-order valence-corrected chi connectivity index (χ3v) is 4.32. The van der Waals surface area contributed by atoms with E-state index in [1.165, 1.54) is 37.4 Å². The van der Waals surface area contributed by atoms with Crippen molar-refractivity contribution in [3.8, 4) is 17.2 Å². The number of ether oxygens (including phenoxy) is 2. The van der Waals surface area contributed by atoms with Gasteiger partial charge in [-0.1, -0.05) is 11.6 Å². The summed E-state index contributed by atoms with van der Waals surface area (Å²) in [7, 11) is 1.30. The molecule has 2 aromatic rings. The zero-order valence-electron chi connectivity index (χ0n) is 16.0. The molecule has 0 aliphatic carbocycles. The Morgan fingerprint density at radius 1 is 1.17 bits per heavy atom. The van der Waals surface area contributed by atoms with Crippen LogP contribution in [0.2, 0.25) is 5.02 Å². The van der Waals surface area contributed by atoms with E-state index in [9.17, 15) is 28.1 Å². The van der Waals surface area contributed by atoms with Gasteiger partial charge in [-0.25, -0.2) is 0 Å². The number of nitrogens with zero attached hydrogens (tertiary/aromatic N) is 2. The molecular weight excluding hydrogens is 429 g/mol. The van der Waals surface area contributed by atoms with Gasteiger partial charge in [-0.2, -0.15) is 13.2 Å². The van der Waals surface area contributed by atoms with Crippen LogP contribution in [-0.2, 0) is 0 Å². The lowest BCUT2D eigenvalue weighted by atomic mass is 10.1. The van der Waals surface area contributed by atoms with Crippen molar-refractivity contribution in [2.75, 3.05) is 20.2 Å². The molecule has 0 aliphatic rings. The van der Waals surface area contributed by atoms with E-state index >= 15 is 0 Å². The SMILES string of the molecule is CCN(CCC(F)(F)F)C(=O)c1ccc(Oc2ccc(Cl)cc2[N+](=O)[O-])c(OC)c1. The maximum Gasteiger partial charge on any atom is 0.390 e. The fraction of sp³-hybridized carbons (Fsp3) is 0.316. The molecule has 7 nitrogen and oxygen atoms in total. The van der Waals surface area contributed by atoms with Crippen LogP contribution in [0.4, 0.5) is 18.9 Å². The first kappa shape index (κ1) is 23.3. The van der Waals surface area contributed by atoms with Gasteiger partial charge in [0.15, 0.2) is 11.5 Å². The maximum absolute atomic E-state index is 12.6. The van der Waals surface area contributed by atoms with Crippen LogP contribution in [0.1, 0.15) is 23.7 Å². The summed E-state index contributed by atoms with van der Waals surface area (Å²) in [5, 5.41) is 11.4. The van der Waals surface area contributed by atoms with E-state index in [0.717, 1.165) is 11.0 Å². The normalized spacial score (nSPS) is 11.1. The minimum Gasteiger partial charge on any atom is -0.493 e. The minimum atomic E-state index is -4.38. The Morgan fingerprint density at radius 2 is 1.83 bits per heavy atom. The number of hydrogen-bond acceptors (Lipinski definition) is 5. The summed E-state index contributed by atoms with van der Waals surface area (Å²) in [5.41, 5.74) is -0.275. The Morgan fingerprint density at radius 3 is 2.40 bits per heavy atom. The molecule has 2 aromatic carbocycles. The number of amides is 1. The lowest BCUT2D eigenvalue weighted by molar-refractivity contribution is -0.385. The lowest BCUT2D eigenvalue weighted by Crippen LogP contribution is -2.34.